The maximum absolute atomic E-state index is 12.0. The van der Waals surface area contributed by atoms with Crippen LogP contribution in [0.25, 0.3) is 0 Å². The third-order valence-corrected chi connectivity index (χ3v) is 6.07. The molecule has 0 saturated carbocycles. The van der Waals surface area contributed by atoms with E-state index < -0.39 is 20.3 Å². The smallest absolute Gasteiger partial charge is 0.365 e. The first-order chi connectivity index (χ1) is 5.63. The molecule has 0 saturated heterocycles. The minimum Gasteiger partial charge on any atom is -0.365 e. The molecule has 0 aromatic heterocycles. The third-order valence-electron chi connectivity index (χ3n) is 2.32. The molecule has 1 amide bonds. The van der Waals surface area contributed by atoms with Crippen LogP contribution in [0, 0.1) is 0 Å². The fourth-order valence-corrected chi connectivity index (χ4v) is 1.85. The van der Waals surface area contributed by atoms with Gasteiger partial charge in [-0.15, -0.1) is 0 Å². The number of nitrogens with zero attached hydrogens (tertiary/aromatic N) is 1. The number of carbonyl (C=O) groups excluding carboxylic acids is 1. The van der Waals surface area contributed by atoms with E-state index in [0.29, 0.717) is 6.04 Å². The van der Waals surface area contributed by atoms with Crippen molar-refractivity contribution in [3.8, 4) is 0 Å². The van der Waals surface area contributed by atoms with Crippen LogP contribution in [-0.4, -0.2) is 31.9 Å². The molecule has 2 nitrogen and oxygen atoms in total. The van der Waals surface area contributed by atoms with Gasteiger partial charge in [-0.1, -0.05) is 20.0 Å². The molecule has 0 N–H and O–H groups in total. The predicted molar refractivity (Wildman–Crippen MR) is 46.8 cm³/mol. The maximum Gasteiger partial charge on any atom is 0.470 e. The Morgan fingerprint density at radius 1 is 1.38 bits per heavy atom. The topological polar surface area (TPSA) is 20.3 Å². The van der Waals surface area contributed by atoms with Crippen molar-refractivity contribution in [2.75, 3.05) is 7.05 Å². The summed E-state index contributed by atoms with van der Waals surface area (Å²) in [7, 11) is -0.962. The standard InChI is InChI=1S/C7H14F3NOSi/c1-5-13(3,4)11(2)6(12)7(8,9)10/h5H2,1-4H3. The van der Waals surface area contributed by atoms with Crippen LogP contribution in [0.5, 0.6) is 0 Å². The van der Waals surface area contributed by atoms with Crippen LogP contribution in [-0.2, 0) is 4.79 Å². The molecule has 0 aromatic rings. The van der Waals surface area contributed by atoms with Gasteiger partial charge in [0.2, 0.25) is 0 Å². The highest BCUT2D eigenvalue weighted by Gasteiger charge is 2.45. The molecule has 0 aliphatic heterocycles. The molecule has 0 aromatic carbocycles. The van der Waals surface area contributed by atoms with Crippen molar-refractivity contribution in [1.82, 2.24) is 4.57 Å². The predicted octanol–water partition coefficient (Wildman–Crippen LogP) is 2.23. The fraction of sp³-hybridized carbons (Fsp3) is 0.857. The van der Waals surface area contributed by atoms with E-state index in [1.807, 2.05) is 0 Å². The first-order valence-electron chi connectivity index (χ1n) is 3.98. The van der Waals surface area contributed by atoms with Gasteiger partial charge in [0.25, 0.3) is 0 Å². The summed E-state index contributed by atoms with van der Waals surface area (Å²) in [6.45, 7) is 5.26. The van der Waals surface area contributed by atoms with Crippen LogP contribution >= 0.6 is 0 Å². The molecule has 6 heteroatoms. The number of amides is 1. The van der Waals surface area contributed by atoms with Gasteiger partial charge in [0.1, 0.15) is 0 Å². The van der Waals surface area contributed by atoms with Crippen molar-refractivity contribution in [2.45, 2.75) is 32.2 Å². The quantitative estimate of drug-likeness (QED) is 0.644. The van der Waals surface area contributed by atoms with Gasteiger partial charge in [0.15, 0.2) is 8.24 Å². The van der Waals surface area contributed by atoms with Crippen molar-refractivity contribution in [2.24, 2.45) is 0 Å². The summed E-state index contributed by atoms with van der Waals surface area (Å²) >= 11 is 0. The lowest BCUT2D eigenvalue weighted by atomic mass is 10.6. The molecule has 0 spiro atoms. The average Bonchev–Trinajstić information content (AvgIpc) is 2.00. The summed E-state index contributed by atoms with van der Waals surface area (Å²) in [4.78, 5) is 10.8. The van der Waals surface area contributed by atoms with Crippen molar-refractivity contribution in [3.63, 3.8) is 0 Å². The molecule has 0 fully saturated rings. The summed E-state index contributed by atoms with van der Waals surface area (Å²) in [6.07, 6.45) is -4.74. The number of halogens is 3. The maximum atomic E-state index is 12.0. The first-order valence-corrected chi connectivity index (χ1v) is 7.13. The monoisotopic (exact) mass is 213 g/mol. The molecular formula is C7H14F3NOSi. The molecule has 0 rings (SSSR count). The Morgan fingerprint density at radius 2 is 1.77 bits per heavy atom. The van der Waals surface area contributed by atoms with E-state index in [0.717, 1.165) is 4.57 Å². The summed E-state index contributed by atoms with van der Waals surface area (Å²) in [5.41, 5.74) is 0. The van der Waals surface area contributed by atoms with Gasteiger partial charge in [-0.25, -0.2) is 0 Å². The van der Waals surface area contributed by atoms with Crippen molar-refractivity contribution in [3.05, 3.63) is 0 Å². The Hall–Kier alpha value is -0.523. The van der Waals surface area contributed by atoms with Crippen LogP contribution < -0.4 is 0 Å². The number of alkyl halides is 3. The van der Waals surface area contributed by atoms with Gasteiger partial charge in [-0.2, -0.15) is 13.2 Å². The lowest BCUT2D eigenvalue weighted by molar-refractivity contribution is -0.179. The molecule has 0 radical (unpaired) electrons. The second kappa shape index (κ2) is 3.69. The van der Waals surface area contributed by atoms with E-state index in [4.69, 9.17) is 0 Å². The number of carbonyl (C=O) groups is 1. The Labute approximate surface area is 76.8 Å². The number of rotatable bonds is 2. The Balaban J connectivity index is 4.62. The highest BCUT2D eigenvalue weighted by atomic mass is 28.3. The number of hydrogen-bond donors (Lipinski definition) is 0. The van der Waals surface area contributed by atoms with Gasteiger partial charge in [-0.3, -0.25) is 4.79 Å². The summed E-state index contributed by atoms with van der Waals surface area (Å²) in [5.74, 6) is -1.73. The molecule has 0 unspecified atom stereocenters. The van der Waals surface area contributed by atoms with Crippen LogP contribution in [0.3, 0.4) is 0 Å². The second-order valence-corrected chi connectivity index (χ2v) is 8.53. The third kappa shape index (κ3) is 3.02. The zero-order valence-corrected chi connectivity index (χ0v) is 9.20. The number of hydrogen-bond acceptors (Lipinski definition) is 1. The Kier molecular flexibility index (Phi) is 3.54. The summed E-state index contributed by atoms with van der Waals surface area (Å²) in [5, 5.41) is 0. The minimum absolute atomic E-state index is 0.616. The zero-order valence-electron chi connectivity index (χ0n) is 8.20. The van der Waals surface area contributed by atoms with E-state index in [1.165, 1.54) is 7.05 Å². The molecule has 78 valence electrons. The molecule has 0 aliphatic rings. The molecule has 0 atom stereocenters. The SMILES string of the molecule is CC[Si](C)(C)N(C)C(=O)C(F)(F)F. The molecular weight excluding hydrogens is 199 g/mol. The Bertz CT molecular complexity index is 202. The highest BCUT2D eigenvalue weighted by Crippen LogP contribution is 2.22. The van der Waals surface area contributed by atoms with E-state index in [9.17, 15) is 18.0 Å². The highest BCUT2D eigenvalue weighted by molar-refractivity contribution is 6.76. The zero-order chi connectivity index (χ0) is 10.9. The van der Waals surface area contributed by atoms with Crippen molar-refractivity contribution >= 4 is 14.1 Å². The van der Waals surface area contributed by atoms with Gasteiger partial charge < -0.3 is 4.57 Å². The van der Waals surface area contributed by atoms with E-state index in [2.05, 4.69) is 0 Å². The molecule has 0 aliphatic carbocycles. The van der Waals surface area contributed by atoms with Crippen molar-refractivity contribution < 1.29 is 18.0 Å². The van der Waals surface area contributed by atoms with Crippen LogP contribution in [0.1, 0.15) is 6.92 Å². The van der Waals surface area contributed by atoms with Crippen LogP contribution in [0.15, 0.2) is 0 Å². The van der Waals surface area contributed by atoms with Crippen molar-refractivity contribution in [1.29, 1.82) is 0 Å². The normalized spacial score (nSPS) is 12.8. The van der Waals surface area contributed by atoms with E-state index in [1.54, 1.807) is 20.0 Å². The molecule has 13 heavy (non-hydrogen) atoms. The average molecular weight is 213 g/mol. The summed E-state index contributed by atoms with van der Waals surface area (Å²) < 4.78 is 36.9. The summed E-state index contributed by atoms with van der Waals surface area (Å²) in [6, 6.07) is 0.616. The van der Waals surface area contributed by atoms with Gasteiger partial charge >= 0.3 is 12.1 Å². The van der Waals surface area contributed by atoms with E-state index >= 15 is 0 Å². The Morgan fingerprint density at radius 3 is 2.00 bits per heavy atom. The fourth-order valence-electron chi connectivity index (χ4n) is 0.702. The van der Waals surface area contributed by atoms with Gasteiger partial charge in [0, 0.05) is 7.05 Å². The first kappa shape index (κ1) is 12.5. The van der Waals surface area contributed by atoms with E-state index in [-0.39, 0.29) is 0 Å². The lowest BCUT2D eigenvalue weighted by Gasteiger charge is -2.33. The lowest BCUT2D eigenvalue weighted by Crippen LogP contribution is -2.53. The molecule has 0 bridgehead atoms. The molecule has 0 heterocycles. The van der Waals surface area contributed by atoms with Crippen LogP contribution in [0.2, 0.25) is 19.1 Å². The largest absolute Gasteiger partial charge is 0.470 e. The van der Waals surface area contributed by atoms with Gasteiger partial charge in [0.05, 0.1) is 0 Å². The minimum atomic E-state index is -4.74. The van der Waals surface area contributed by atoms with Gasteiger partial charge in [-0.05, 0) is 6.04 Å². The second-order valence-electron chi connectivity index (χ2n) is 3.53. The van der Waals surface area contributed by atoms with Crippen LogP contribution in [0.4, 0.5) is 13.2 Å².